The maximum Gasteiger partial charge on any atom is 0.239 e. The molecule has 2 saturated heterocycles. The fourth-order valence-corrected chi connectivity index (χ4v) is 7.11. The van der Waals surface area contributed by atoms with E-state index in [0.29, 0.717) is 23.7 Å². The second-order valence-corrected chi connectivity index (χ2v) is 12.9. The lowest BCUT2D eigenvalue weighted by molar-refractivity contribution is -0.134. The molecule has 4 aliphatic rings. The van der Waals surface area contributed by atoms with Crippen LogP contribution in [0.2, 0.25) is 0 Å². The van der Waals surface area contributed by atoms with Crippen molar-refractivity contribution in [2.24, 2.45) is 23.7 Å². The second-order valence-electron chi connectivity index (χ2n) is 12.9. The fraction of sp³-hybridized carbons (Fsp3) is 0.935. The Hall–Kier alpha value is -1.14. The van der Waals surface area contributed by atoms with Gasteiger partial charge in [0.25, 0.3) is 0 Å². The first-order valence-corrected chi connectivity index (χ1v) is 15.8. The van der Waals surface area contributed by atoms with Crippen LogP contribution in [0.4, 0.5) is 0 Å². The normalized spacial score (nSPS) is 31.2. The fourth-order valence-electron chi connectivity index (χ4n) is 7.11. The third-order valence-corrected chi connectivity index (χ3v) is 9.53. The summed E-state index contributed by atoms with van der Waals surface area (Å²) in [4.78, 5) is 29.3. The molecule has 4 rings (SSSR count). The van der Waals surface area contributed by atoms with Crippen molar-refractivity contribution in [2.45, 2.75) is 122 Å². The summed E-state index contributed by atoms with van der Waals surface area (Å²) in [7, 11) is 3.83. The number of likely N-dealkylation sites (N-methyl/N-ethyl adjacent to an activating group) is 2. The Morgan fingerprint density at radius 3 is 1.27 bits per heavy atom. The van der Waals surface area contributed by atoms with Crippen LogP contribution >= 0.6 is 0 Å². The van der Waals surface area contributed by atoms with E-state index in [0.717, 1.165) is 50.9 Å². The summed E-state index contributed by atoms with van der Waals surface area (Å²) in [5, 5.41) is 6.39. The average Bonchev–Trinajstić information content (AvgIpc) is 3.29. The number of carbonyl (C=O) groups is 2. The summed E-state index contributed by atoms with van der Waals surface area (Å²) in [6, 6.07) is 0.106. The van der Waals surface area contributed by atoms with Gasteiger partial charge in [-0.3, -0.25) is 9.59 Å². The van der Waals surface area contributed by atoms with E-state index in [1.54, 1.807) is 0 Å². The van der Waals surface area contributed by atoms with Crippen LogP contribution in [-0.2, 0) is 9.59 Å². The first kappa shape index (κ1) is 30.4. The quantitative estimate of drug-likeness (QED) is 0.474. The van der Waals surface area contributed by atoms with Gasteiger partial charge in [-0.1, -0.05) is 58.8 Å². The lowest BCUT2D eigenvalue weighted by Gasteiger charge is -2.31. The van der Waals surface area contributed by atoms with Gasteiger partial charge in [-0.2, -0.15) is 0 Å². The molecule has 2 amide bonds. The topological polar surface area (TPSA) is 64.7 Å². The van der Waals surface area contributed by atoms with E-state index < -0.39 is 0 Å². The van der Waals surface area contributed by atoms with Crippen molar-refractivity contribution in [3.05, 3.63) is 0 Å². The molecule has 4 unspecified atom stereocenters. The molecule has 0 aromatic carbocycles. The number of amides is 2. The maximum atomic E-state index is 12.5. The van der Waals surface area contributed by atoms with Gasteiger partial charge < -0.3 is 20.4 Å². The summed E-state index contributed by atoms with van der Waals surface area (Å²) < 4.78 is 0. The largest absolute Gasteiger partial charge is 0.341 e. The molecule has 0 spiro atoms. The van der Waals surface area contributed by atoms with Crippen LogP contribution in [0.5, 0.6) is 0 Å². The molecule has 4 fully saturated rings. The zero-order valence-electron chi connectivity index (χ0n) is 24.6. The molecule has 2 saturated carbocycles. The van der Waals surface area contributed by atoms with Gasteiger partial charge in [-0.25, -0.2) is 0 Å². The van der Waals surface area contributed by atoms with E-state index in [-0.39, 0.29) is 12.1 Å². The van der Waals surface area contributed by atoms with Crippen LogP contribution in [0, 0.1) is 23.7 Å². The third kappa shape index (κ3) is 9.84. The molecule has 37 heavy (non-hydrogen) atoms. The molecule has 0 aromatic rings. The van der Waals surface area contributed by atoms with E-state index >= 15 is 0 Å². The minimum absolute atomic E-state index is 0.0516. The minimum Gasteiger partial charge on any atom is -0.341 e. The Bertz CT molecular complexity index is 672. The van der Waals surface area contributed by atoms with Crippen LogP contribution in [-0.4, -0.2) is 74.0 Å². The Labute approximate surface area is 228 Å². The first-order valence-electron chi connectivity index (χ1n) is 15.8. The Morgan fingerprint density at radius 1 is 0.568 bits per heavy atom. The molecule has 2 aliphatic heterocycles. The summed E-state index contributed by atoms with van der Waals surface area (Å²) in [6.07, 6.45) is 19.2. The summed E-state index contributed by atoms with van der Waals surface area (Å²) in [5.74, 6) is 3.48. The first-order chi connectivity index (χ1) is 17.9. The van der Waals surface area contributed by atoms with E-state index in [2.05, 4.69) is 34.3 Å². The predicted octanol–water partition coefficient (Wildman–Crippen LogP) is 5.22. The highest BCUT2D eigenvalue weighted by molar-refractivity contribution is 5.82. The third-order valence-electron chi connectivity index (χ3n) is 9.53. The maximum absolute atomic E-state index is 12.5. The Morgan fingerprint density at radius 2 is 0.919 bits per heavy atom. The number of rotatable bonds is 6. The molecule has 4 atom stereocenters. The van der Waals surface area contributed by atoms with Crippen LogP contribution in [0.15, 0.2) is 0 Å². The van der Waals surface area contributed by atoms with E-state index in [1.165, 1.54) is 83.5 Å². The van der Waals surface area contributed by atoms with E-state index in [1.807, 2.05) is 14.1 Å². The molecule has 6 heteroatoms. The predicted molar refractivity (Wildman–Crippen MR) is 153 cm³/mol. The highest BCUT2D eigenvalue weighted by Gasteiger charge is 2.31. The van der Waals surface area contributed by atoms with Crippen molar-refractivity contribution < 1.29 is 9.59 Å². The van der Waals surface area contributed by atoms with Gasteiger partial charge >= 0.3 is 0 Å². The van der Waals surface area contributed by atoms with E-state index in [9.17, 15) is 9.59 Å². The molecule has 6 nitrogen and oxygen atoms in total. The Balaban J connectivity index is 0.000000206. The zero-order chi connectivity index (χ0) is 26.6. The molecule has 0 aromatic heterocycles. The average molecular weight is 519 g/mol. The smallest absolute Gasteiger partial charge is 0.239 e. The van der Waals surface area contributed by atoms with Crippen LogP contribution < -0.4 is 10.6 Å². The molecule has 0 bridgehead atoms. The van der Waals surface area contributed by atoms with Crippen molar-refractivity contribution in [3.8, 4) is 0 Å². The minimum atomic E-state index is 0.0516. The zero-order valence-corrected chi connectivity index (χ0v) is 24.6. The van der Waals surface area contributed by atoms with Crippen molar-refractivity contribution in [1.29, 1.82) is 0 Å². The van der Waals surface area contributed by atoms with Gasteiger partial charge in [0.05, 0.1) is 12.1 Å². The molecule has 2 heterocycles. The van der Waals surface area contributed by atoms with Gasteiger partial charge in [0.1, 0.15) is 0 Å². The van der Waals surface area contributed by atoms with E-state index in [4.69, 9.17) is 0 Å². The van der Waals surface area contributed by atoms with Gasteiger partial charge in [0.2, 0.25) is 11.8 Å². The Kier molecular flexibility index (Phi) is 13.2. The monoisotopic (exact) mass is 518 g/mol. The number of carbonyl (C=O) groups excluding carboxylic acids is 2. The van der Waals surface area contributed by atoms with Gasteiger partial charge in [0, 0.05) is 26.2 Å². The molecule has 214 valence electrons. The van der Waals surface area contributed by atoms with Crippen LogP contribution in [0.3, 0.4) is 0 Å². The molecule has 2 aliphatic carbocycles. The molecule has 0 radical (unpaired) electrons. The lowest BCUT2D eigenvalue weighted by atomic mass is 9.89. The standard InChI is InChI=1S/C16H30N2O.C15H28N2O/c1-13-9-10-15(17-2)16(19)18(11-13)12-14-7-5-3-4-6-8-14;1-12-8-9-14(16-2)15(18)17(10-12)11-13-6-4-3-5-7-13/h13-15,17H,3-12H2,1-2H3;12-14,16H,3-11H2,1-2H3. The SMILES string of the molecule is CNC1CCC(C)CN(CC2CCCCC2)C1=O.CNC1CCC(C)CN(CC2CCCCCC2)C1=O. The number of nitrogens with one attached hydrogen (secondary N) is 2. The second kappa shape index (κ2) is 16.1. The number of hydrogen-bond donors (Lipinski definition) is 2. The van der Waals surface area contributed by atoms with Crippen LogP contribution in [0.25, 0.3) is 0 Å². The van der Waals surface area contributed by atoms with Gasteiger partial charge in [-0.05, 0) is 89.1 Å². The number of nitrogens with zero attached hydrogens (tertiary/aromatic N) is 2. The molecular formula is C31H58N4O2. The van der Waals surface area contributed by atoms with Crippen molar-refractivity contribution in [1.82, 2.24) is 20.4 Å². The van der Waals surface area contributed by atoms with Crippen LogP contribution in [0.1, 0.15) is 110 Å². The molecule has 2 N–H and O–H groups in total. The summed E-state index contributed by atoms with van der Waals surface area (Å²) in [5.41, 5.74) is 0. The highest BCUT2D eigenvalue weighted by atomic mass is 16.2. The number of hydrogen-bond acceptors (Lipinski definition) is 4. The van der Waals surface area contributed by atoms with Gasteiger partial charge in [-0.15, -0.1) is 0 Å². The van der Waals surface area contributed by atoms with Gasteiger partial charge in [0.15, 0.2) is 0 Å². The van der Waals surface area contributed by atoms with Crippen molar-refractivity contribution >= 4 is 11.8 Å². The lowest BCUT2D eigenvalue weighted by Crippen LogP contribution is -2.46. The van der Waals surface area contributed by atoms with Crippen molar-refractivity contribution in [3.63, 3.8) is 0 Å². The molecular weight excluding hydrogens is 460 g/mol. The van der Waals surface area contributed by atoms with Crippen molar-refractivity contribution in [2.75, 3.05) is 40.3 Å². The summed E-state index contributed by atoms with van der Waals surface area (Å²) >= 11 is 0. The highest BCUT2D eigenvalue weighted by Crippen LogP contribution is 2.27. The number of likely N-dealkylation sites (tertiary alicyclic amines) is 2. The summed E-state index contributed by atoms with van der Waals surface area (Å²) in [6.45, 7) is 8.49.